The molecule has 1 aromatic carbocycles. The van der Waals surface area contributed by atoms with Gasteiger partial charge in [0.25, 0.3) is 0 Å². The molecule has 2 atom stereocenters. The lowest BCUT2D eigenvalue weighted by Crippen LogP contribution is -2.40. The Hall–Kier alpha value is -0.240. The van der Waals surface area contributed by atoms with Gasteiger partial charge in [-0.1, -0.05) is 29.3 Å². The molecule has 7 heteroatoms. The highest BCUT2D eigenvalue weighted by Crippen LogP contribution is 2.25. The van der Waals surface area contributed by atoms with Gasteiger partial charge in [0.15, 0.2) is 5.96 Å². The molecular formula is C18H29Cl2IN4. The van der Waals surface area contributed by atoms with E-state index in [1.54, 1.807) is 0 Å². The predicted octanol–water partition coefficient (Wildman–Crippen LogP) is 4.57. The molecule has 142 valence electrons. The van der Waals surface area contributed by atoms with Gasteiger partial charge in [-0.3, -0.25) is 4.99 Å². The molecule has 1 heterocycles. The minimum Gasteiger partial charge on any atom is -0.357 e. The normalized spacial score (nSPS) is 19.9. The number of rotatable bonds is 5. The van der Waals surface area contributed by atoms with Gasteiger partial charge < -0.3 is 15.5 Å². The summed E-state index contributed by atoms with van der Waals surface area (Å²) in [6.45, 7) is 8.20. The smallest absolute Gasteiger partial charge is 0.191 e. The van der Waals surface area contributed by atoms with Gasteiger partial charge in [0.05, 0.1) is 16.1 Å². The summed E-state index contributed by atoms with van der Waals surface area (Å²) in [5.41, 5.74) is 1.09. The average molecular weight is 499 g/mol. The number of aliphatic imine (C=N–C) groups is 1. The fraction of sp³-hybridized carbons (Fsp3) is 0.611. The van der Waals surface area contributed by atoms with Crippen molar-refractivity contribution in [2.75, 3.05) is 33.2 Å². The van der Waals surface area contributed by atoms with Gasteiger partial charge in [0.1, 0.15) is 0 Å². The molecule has 1 aliphatic heterocycles. The van der Waals surface area contributed by atoms with Crippen molar-refractivity contribution in [3.8, 4) is 0 Å². The monoisotopic (exact) mass is 498 g/mol. The first-order valence-electron chi connectivity index (χ1n) is 8.68. The summed E-state index contributed by atoms with van der Waals surface area (Å²) in [6, 6.07) is 5.83. The maximum Gasteiger partial charge on any atom is 0.191 e. The van der Waals surface area contributed by atoms with Gasteiger partial charge in [-0.2, -0.15) is 0 Å². The van der Waals surface area contributed by atoms with Crippen molar-refractivity contribution in [1.82, 2.24) is 15.5 Å². The molecule has 4 nitrogen and oxygen atoms in total. The lowest BCUT2D eigenvalue weighted by molar-refractivity contribution is 0.214. The van der Waals surface area contributed by atoms with Gasteiger partial charge in [-0.15, -0.1) is 24.0 Å². The Kier molecular flexibility index (Phi) is 10.5. The second-order valence-electron chi connectivity index (χ2n) is 6.53. The summed E-state index contributed by atoms with van der Waals surface area (Å²) in [4.78, 5) is 7.18. The lowest BCUT2D eigenvalue weighted by atomic mass is 9.99. The van der Waals surface area contributed by atoms with Gasteiger partial charge in [-0.25, -0.2) is 0 Å². The van der Waals surface area contributed by atoms with Crippen LogP contribution in [0.15, 0.2) is 23.2 Å². The summed E-state index contributed by atoms with van der Waals surface area (Å²) in [7, 11) is 2.19. The molecule has 2 N–H and O–H groups in total. The third-order valence-electron chi connectivity index (χ3n) is 4.37. The molecule has 1 aromatic rings. The number of nitrogens with zero attached hydrogens (tertiary/aromatic N) is 2. The number of benzene rings is 1. The molecule has 25 heavy (non-hydrogen) atoms. The summed E-state index contributed by atoms with van der Waals surface area (Å²) in [5.74, 6) is 1.49. The zero-order valence-corrected chi connectivity index (χ0v) is 19.0. The SMILES string of the molecule is CCNC(=NCC1CCCN(C)C1)NC(C)c1ccc(Cl)c(Cl)c1.I. The van der Waals surface area contributed by atoms with Gasteiger partial charge in [0, 0.05) is 19.6 Å². The highest BCUT2D eigenvalue weighted by molar-refractivity contribution is 14.0. The first kappa shape index (κ1) is 22.8. The van der Waals surface area contributed by atoms with Crippen LogP contribution in [-0.4, -0.2) is 44.1 Å². The van der Waals surface area contributed by atoms with E-state index >= 15 is 0 Å². The lowest BCUT2D eigenvalue weighted by Gasteiger charge is -2.29. The number of piperidine rings is 1. The van der Waals surface area contributed by atoms with E-state index in [0.717, 1.165) is 31.2 Å². The van der Waals surface area contributed by atoms with Crippen molar-refractivity contribution < 1.29 is 0 Å². The average Bonchev–Trinajstić information content (AvgIpc) is 2.55. The van der Waals surface area contributed by atoms with E-state index in [1.165, 1.54) is 19.4 Å². The Balaban J connectivity index is 0.00000312. The van der Waals surface area contributed by atoms with Gasteiger partial charge in [0.2, 0.25) is 0 Å². The van der Waals surface area contributed by atoms with E-state index in [-0.39, 0.29) is 30.0 Å². The molecule has 2 rings (SSSR count). The van der Waals surface area contributed by atoms with E-state index in [1.807, 2.05) is 18.2 Å². The molecule has 0 saturated carbocycles. The molecule has 0 radical (unpaired) electrons. The van der Waals surface area contributed by atoms with Gasteiger partial charge >= 0.3 is 0 Å². The molecule has 1 aliphatic rings. The van der Waals surface area contributed by atoms with Crippen molar-refractivity contribution in [2.45, 2.75) is 32.7 Å². The van der Waals surface area contributed by atoms with Crippen molar-refractivity contribution >= 4 is 53.1 Å². The van der Waals surface area contributed by atoms with Crippen molar-refractivity contribution in [1.29, 1.82) is 0 Å². The number of hydrogen-bond acceptors (Lipinski definition) is 2. The number of likely N-dealkylation sites (tertiary alicyclic amines) is 1. The van der Waals surface area contributed by atoms with Crippen molar-refractivity contribution in [3.63, 3.8) is 0 Å². The number of nitrogens with one attached hydrogen (secondary N) is 2. The maximum absolute atomic E-state index is 6.12. The fourth-order valence-electron chi connectivity index (χ4n) is 3.03. The van der Waals surface area contributed by atoms with E-state index in [2.05, 4.69) is 36.4 Å². The van der Waals surface area contributed by atoms with Crippen molar-refractivity contribution in [3.05, 3.63) is 33.8 Å². The Morgan fingerprint density at radius 1 is 1.36 bits per heavy atom. The largest absolute Gasteiger partial charge is 0.357 e. The molecule has 0 aliphatic carbocycles. The third-order valence-corrected chi connectivity index (χ3v) is 5.11. The van der Waals surface area contributed by atoms with E-state index in [0.29, 0.717) is 16.0 Å². The highest BCUT2D eigenvalue weighted by atomic mass is 127. The summed E-state index contributed by atoms with van der Waals surface area (Å²) in [6.07, 6.45) is 2.52. The van der Waals surface area contributed by atoms with Crippen LogP contribution in [0.3, 0.4) is 0 Å². The molecule has 0 amide bonds. The second-order valence-corrected chi connectivity index (χ2v) is 7.34. The van der Waals surface area contributed by atoms with Crippen molar-refractivity contribution in [2.24, 2.45) is 10.9 Å². The predicted molar refractivity (Wildman–Crippen MR) is 120 cm³/mol. The standard InChI is InChI=1S/C18H28Cl2N4.HI/c1-4-21-18(22-11-14-6-5-9-24(3)12-14)23-13(2)15-7-8-16(19)17(20)10-15;/h7-8,10,13-14H,4-6,9,11-12H2,1-3H3,(H2,21,22,23);1H. The first-order chi connectivity index (χ1) is 11.5. The topological polar surface area (TPSA) is 39.7 Å². The molecule has 0 aromatic heterocycles. The van der Waals surface area contributed by atoms with Crippen LogP contribution in [0.5, 0.6) is 0 Å². The van der Waals surface area contributed by atoms with Crippen LogP contribution < -0.4 is 10.6 Å². The Bertz CT molecular complexity index is 568. The Labute approximate surface area is 178 Å². The van der Waals surface area contributed by atoms with E-state index in [4.69, 9.17) is 28.2 Å². The zero-order valence-electron chi connectivity index (χ0n) is 15.2. The maximum atomic E-state index is 6.12. The van der Waals surface area contributed by atoms with Crippen LogP contribution in [0.4, 0.5) is 0 Å². The summed E-state index contributed by atoms with van der Waals surface area (Å²) >= 11 is 12.1. The van der Waals surface area contributed by atoms with E-state index < -0.39 is 0 Å². The van der Waals surface area contributed by atoms with Crippen LogP contribution in [0.2, 0.25) is 10.0 Å². The van der Waals surface area contributed by atoms with Crippen LogP contribution in [0, 0.1) is 5.92 Å². The van der Waals surface area contributed by atoms with Crippen LogP contribution in [0.25, 0.3) is 0 Å². The molecule has 0 bridgehead atoms. The Morgan fingerprint density at radius 2 is 2.12 bits per heavy atom. The summed E-state index contributed by atoms with van der Waals surface area (Å²) in [5, 5.41) is 7.94. The number of halogens is 3. The number of guanidine groups is 1. The van der Waals surface area contributed by atoms with E-state index in [9.17, 15) is 0 Å². The number of hydrogen-bond donors (Lipinski definition) is 2. The minimum absolute atomic E-state index is 0. The molecule has 2 unspecified atom stereocenters. The molecular weight excluding hydrogens is 470 g/mol. The second kappa shape index (κ2) is 11.5. The fourth-order valence-corrected chi connectivity index (χ4v) is 3.34. The van der Waals surface area contributed by atoms with Crippen LogP contribution >= 0.6 is 47.2 Å². The minimum atomic E-state index is 0. The summed E-state index contributed by atoms with van der Waals surface area (Å²) < 4.78 is 0. The quantitative estimate of drug-likeness (QED) is 0.355. The third kappa shape index (κ3) is 7.49. The highest BCUT2D eigenvalue weighted by Gasteiger charge is 2.17. The molecule has 1 saturated heterocycles. The van der Waals surface area contributed by atoms with Gasteiger partial charge in [-0.05, 0) is 63.9 Å². The zero-order chi connectivity index (χ0) is 17.5. The molecule has 1 fully saturated rings. The molecule has 0 spiro atoms. The van der Waals surface area contributed by atoms with Crippen LogP contribution in [-0.2, 0) is 0 Å². The Morgan fingerprint density at radius 3 is 2.76 bits per heavy atom. The van der Waals surface area contributed by atoms with Crippen LogP contribution in [0.1, 0.15) is 38.3 Å². The first-order valence-corrected chi connectivity index (χ1v) is 9.43.